The van der Waals surface area contributed by atoms with Crippen molar-refractivity contribution in [3.05, 3.63) is 46.3 Å². The molecule has 1 aromatic heterocycles. The number of nitrogens with one attached hydrogen (secondary N) is 1. The summed E-state index contributed by atoms with van der Waals surface area (Å²) in [4.78, 5) is 15.8. The summed E-state index contributed by atoms with van der Waals surface area (Å²) >= 11 is 1.53. The number of para-hydroxylation sites is 1. The van der Waals surface area contributed by atoms with Crippen molar-refractivity contribution in [3.8, 4) is 11.8 Å². The third-order valence-electron chi connectivity index (χ3n) is 4.52. The molecule has 0 unspecified atom stereocenters. The third-order valence-corrected chi connectivity index (χ3v) is 5.65. The largest absolute Gasteiger partial charge is 0.493 e. The van der Waals surface area contributed by atoms with Crippen LogP contribution < -0.4 is 10.1 Å². The minimum Gasteiger partial charge on any atom is -0.493 e. The molecule has 1 aliphatic heterocycles. The lowest BCUT2D eigenvalue weighted by Gasteiger charge is -2.30. The second kappa shape index (κ2) is 9.75. The zero-order chi connectivity index (χ0) is 18.5. The maximum absolute atomic E-state index is 12.3. The number of nitriles is 1. The number of rotatable bonds is 6. The van der Waals surface area contributed by atoms with Gasteiger partial charge in [-0.3, -0.25) is 9.69 Å². The Bertz CT molecular complexity index is 815. The van der Waals surface area contributed by atoms with Crippen LogP contribution in [0.4, 0.5) is 5.00 Å². The first kappa shape index (κ1) is 21.2. The molecule has 0 aliphatic carbocycles. The number of carbonyl (C=O) groups excluding carboxylic acids is 1. The van der Waals surface area contributed by atoms with Crippen molar-refractivity contribution in [1.29, 1.82) is 5.26 Å². The molecule has 0 saturated heterocycles. The average Bonchev–Trinajstić information content (AvgIpc) is 2.98. The van der Waals surface area contributed by atoms with Gasteiger partial charge in [-0.05, 0) is 38.0 Å². The molecule has 1 N–H and O–H groups in total. The van der Waals surface area contributed by atoms with E-state index in [1.165, 1.54) is 16.2 Å². The van der Waals surface area contributed by atoms with Gasteiger partial charge in [0.05, 0.1) is 18.6 Å². The predicted octanol–water partition coefficient (Wildman–Crippen LogP) is 4.22. The maximum atomic E-state index is 12.3. The van der Waals surface area contributed by atoms with E-state index < -0.39 is 0 Å². The lowest BCUT2D eigenvalue weighted by Crippen LogP contribution is -2.35. The fourth-order valence-corrected chi connectivity index (χ4v) is 4.28. The quantitative estimate of drug-likeness (QED) is 0.781. The number of anilines is 1. The van der Waals surface area contributed by atoms with E-state index in [-0.39, 0.29) is 24.7 Å². The molecule has 2 heterocycles. The maximum Gasteiger partial charge on any atom is 0.228 e. The molecule has 0 saturated carbocycles. The topological polar surface area (TPSA) is 65.4 Å². The number of ether oxygens (including phenoxy) is 1. The fourth-order valence-electron chi connectivity index (χ4n) is 3.04. The van der Waals surface area contributed by atoms with Crippen LogP contribution in [0.25, 0.3) is 0 Å². The minimum atomic E-state index is -0.128. The smallest absolute Gasteiger partial charge is 0.228 e. The number of fused-ring (bicyclic) bond motifs is 1. The molecule has 3 rings (SSSR count). The number of nitrogens with zero attached hydrogens (tertiary/aromatic N) is 2. The number of benzene rings is 1. The van der Waals surface area contributed by atoms with Gasteiger partial charge >= 0.3 is 0 Å². The van der Waals surface area contributed by atoms with E-state index in [0.717, 1.165) is 30.8 Å². The van der Waals surface area contributed by atoms with Crippen LogP contribution >= 0.6 is 23.7 Å². The van der Waals surface area contributed by atoms with Gasteiger partial charge in [0.2, 0.25) is 5.91 Å². The lowest BCUT2D eigenvalue weighted by atomic mass is 10.0. The number of thiophene rings is 1. The molecule has 0 atom stereocenters. The predicted molar refractivity (Wildman–Crippen MR) is 111 cm³/mol. The molecular formula is C20H24ClN3O2S. The van der Waals surface area contributed by atoms with Crippen LogP contribution in [-0.2, 0) is 17.8 Å². The second-order valence-electron chi connectivity index (χ2n) is 6.59. The van der Waals surface area contributed by atoms with E-state index in [1.54, 1.807) is 0 Å². The van der Waals surface area contributed by atoms with Crippen LogP contribution in [0.5, 0.6) is 5.75 Å². The van der Waals surface area contributed by atoms with Crippen LogP contribution in [0.2, 0.25) is 0 Å². The molecule has 7 heteroatoms. The molecule has 1 aromatic carbocycles. The first-order chi connectivity index (χ1) is 12.6. The van der Waals surface area contributed by atoms with Crippen molar-refractivity contribution in [1.82, 2.24) is 4.90 Å². The van der Waals surface area contributed by atoms with Gasteiger partial charge in [0.15, 0.2) is 0 Å². The van der Waals surface area contributed by atoms with Gasteiger partial charge in [0.1, 0.15) is 16.8 Å². The molecule has 0 spiro atoms. The summed E-state index contributed by atoms with van der Waals surface area (Å²) in [5, 5.41) is 13.1. The van der Waals surface area contributed by atoms with Gasteiger partial charge in [0, 0.05) is 24.0 Å². The van der Waals surface area contributed by atoms with E-state index in [1.807, 2.05) is 30.3 Å². The number of hydrogen-bond acceptors (Lipinski definition) is 5. The minimum absolute atomic E-state index is 0. The standard InChI is InChI=1S/C20H23N3O2S.ClH/c1-14(2)23-10-8-16-17(12-21)20(26-18(16)13-23)22-19(24)9-11-25-15-6-4-3-5-7-15;/h3-7,14H,8-11,13H2,1-2H3,(H,22,24);1H. The van der Waals surface area contributed by atoms with Gasteiger partial charge in [-0.15, -0.1) is 23.7 Å². The molecule has 5 nitrogen and oxygen atoms in total. The summed E-state index contributed by atoms with van der Waals surface area (Å²) in [6.07, 6.45) is 1.11. The van der Waals surface area contributed by atoms with Crippen molar-refractivity contribution in [2.24, 2.45) is 0 Å². The summed E-state index contributed by atoms with van der Waals surface area (Å²) in [6.45, 7) is 6.47. The van der Waals surface area contributed by atoms with Crippen molar-refractivity contribution in [3.63, 3.8) is 0 Å². The molecule has 1 amide bonds. The normalized spacial score (nSPS) is 13.4. The Labute approximate surface area is 170 Å². The van der Waals surface area contributed by atoms with Gasteiger partial charge in [-0.2, -0.15) is 5.26 Å². The average molecular weight is 406 g/mol. The number of halogens is 1. The highest BCUT2D eigenvalue weighted by atomic mass is 35.5. The third kappa shape index (κ3) is 5.23. The Kier molecular flexibility index (Phi) is 7.66. The van der Waals surface area contributed by atoms with Crippen molar-refractivity contribution >= 4 is 34.7 Å². The van der Waals surface area contributed by atoms with E-state index in [9.17, 15) is 10.1 Å². The van der Waals surface area contributed by atoms with Crippen LogP contribution in [-0.4, -0.2) is 30.0 Å². The highest BCUT2D eigenvalue weighted by molar-refractivity contribution is 7.16. The molecule has 1 aliphatic rings. The monoisotopic (exact) mass is 405 g/mol. The van der Waals surface area contributed by atoms with E-state index in [0.29, 0.717) is 23.2 Å². The van der Waals surface area contributed by atoms with Crippen LogP contribution in [0.3, 0.4) is 0 Å². The Morgan fingerprint density at radius 3 is 2.78 bits per heavy atom. The van der Waals surface area contributed by atoms with Crippen molar-refractivity contribution in [2.45, 2.75) is 39.3 Å². The Morgan fingerprint density at radius 1 is 1.37 bits per heavy atom. The number of hydrogen-bond donors (Lipinski definition) is 1. The first-order valence-corrected chi connectivity index (χ1v) is 9.66. The van der Waals surface area contributed by atoms with E-state index in [2.05, 4.69) is 30.1 Å². The van der Waals surface area contributed by atoms with Crippen molar-refractivity contribution in [2.75, 3.05) is 18.5 Å². The molecule has 0 bridgehead atoms. The zero-order valence-corrected chi connectivity index (χ0v) is 17.2. The fraction of sp³-hybridized carbons (Fsp3) is 0.400. The lowest BCUT2D eigenvalue weighted by molar-refractivity contribution is -0.116. The summed E-state index contributed by atoms with van der Waals surface area (Å²) in [5.41, 5.74) is 1.73. The van der Waals surface area contributed by atoms with Gasteiger partial charge in [-0.25, -0.2) is 0 Å². The SMILES string of the molecule is CC(C)N1CCc2c(sc(NC(=O)CCOc3ccccc3)c2C#N)C1.Cl. The Morgan fingerprint density at radius 2 is 2.11 bits per heavy atom. The van der Waals surface area contributed by atoms with Crippen LogP contribution in [0.1, 0.15) is 36.3 Å². The Hall–Kier alpha value is -2.07. The number of amides is 1. The molecule has 0 fully saturated rings. The highest BCUT2D eigenvalue weighted by Gasteiger charge is 2.26. The first-order valence-electron chi connectivity index (χ1n) is 8.85. The Balaban J connectivity index is 0.00000261. The molecule has 27 heavy (non-hydrogen) atoms. The summed E-state index contributed by atoms with van der Waals surface area (Å²) < 4.78 is 5.56. The summed E-state index contributed by atoms with van der Waals surface area (Å²) in [6, 6.07) is 12.2. The summed E-state index contributed by atoms with van der Waals surface area (Å²) in [5.74, 6) is 0.620. The highest BCUT2D eigenvalue weighted by Crippen LogP contribution is 2.37. The molecule has 2 aromatic rings. The van der Waals surface area contributed by atoms with E-state index in [4.69, 9.17) is 4.74 Å². The summed E-state index contributed by atoms with van der Waals surface area (Å²) in [7, 11) is 0. The number of carbonyl (C=O) groups is 1. The molecule has 0 radical (unpaired) electrons. The van der Waals surface area contributed by atoms with Crippen LogP contribution in [0, 0.1) is 11.3 Å². The van der Waals surface area contributed by atoms with E-state index >= 15 is 0 Å². The van der Waals surface area contributed by atoms with Gasteiger partial charge in [-0.1, -0.05) is 18.2 Å². The van der Waals surface area contributed by atoms with Crippen LogP contribution in [0.15, 0.2) is 30.3 Å². The molecule has 144 valence electrons. The molecular weight excluding hydrogens is 382 g/mol. The van der Waals surface area contributed by atoms with Crippen molar-refractivity contribution < 1.29 is 9.53 Å². The zero-order valence-electron chi connectivity index (χ0n) is 15.5. The second-order valence-corrected chi connectivity index (χ2v) is 7.70. The van der Waals surface area contributed by atoms with Gasteiger partial charge in [0.25, 0.3) is 0 Å². The van der Waals surface area contributed by atoms with Gasteiger partial charge < -0.3 is 10.1 Å².